The first kappa shape index (κ1) is 10.0. The highest BCUT2D eigenvalue weighted by molar-refractivity contribution is 5.79. The second kappa shape index (κ2) is 3.41. The van der Waals surface area contributed by atoms with E-state index in [1.165, 1.54) is 12.3 Å². The van der Waals surface area contributed by atoms with Crippen molar-refractivity contribution in [3.63, 3.8) is 0 Å². The minimum atomic E-state index is -0.688. The molecule has 0 amide bonds. The lowest BCUT2D eigenvalue weighted by molar-refractivity contribution is 0.576. The molecule has 0 unspecified atom stereocenters. The number of nitrogens with zero attached hydrogens (tertiary/aromatic N) is 1. The molecule has 0 aliphatic carbocycles. The second-order valence-electron chi connectivity index (χ2n) is 3.80. The van der Waals surface area contributed by atoms with Gasteiger partial charge in [-0.2, -0.15) is 0 Å². The molecule has 0 aliphatic heterocycles. The minimum absolute atomic E-state index is 0.109. The average molecular weight is 234 g/mol. The third-order valence-corrected chi connectivity index (χ3v) is 2.58. The molecule has 0 radical (unpaired) electrons. The Balaban J connectivity index is 2.27. The molecule has 2 aromatic heterocycles. The Labute approximate surface area is 95.1 Å². The molecule has 17 heavy (non-hydrogen) atoms. The molecule has 0 fully saturated rings. The Hall–Kier alpha value is -2.17. The standard InChI is InChI=1S/C12H8F2N2O/c1-6-2-3-17-11(6)12-15-9-5-7(13)4-8(14)10(9)16-12/h2-5H,1H3,(H,15,16). The van der Waals surface area contributed by atoms with Gasteiger partial charge >= 0.3 is 0 Å². The number of hydrogen-bond donors (Lipinski definition) is 1. The number of halogens is 2. The van der Waals surface area contributed by atoms with E-state index in [9.17, 15) is 8.78 Å². The maximum absolute atomic E-state index is 13.4. The summed E-state index contributed by atoms with van der Waals surface area (Å²) in [5.41, 5.74) is 1.30. The van der Waals surface area contributed by atoms with E-state index in [2.05, 4.69) is 9.97 Å². The van der Waals surface area contributed by atoms with Crippen LogP contribution in [0.15, 0.2) is 28.9 Å². The molecule has 3 nitrogen and oxygen atoms in total. The molecule has 0 bridgehead atoms. The molecule has 0 spiro atoms. The summed E-state index contributed by atoms with van der Waals surface area (Å²) in [4.78, 5) is 6.90. The molecule has 0 saturated heterocycles. The Kier molecular flexibility index (Phi) is 2.01. The van der Waals surface area contributed by atoms with Crippen molar-refractivity contribution in [3.8, 4) is 11.6 Å². The number of benzene rings is 1. The zero-order chi connectivity index (χ0) is 12.0. The SMILES string of the molecule is Cc1ccoc1-c1nc2c(F)cc(F)cc2[nH]1. The Morgan fingerprint density at radius 1 is 1.29 bits per heavy atom. The summed E-state index contributed by atoms with van der Waals surface area (Å²) >= 11 is 0. The minimum Gasteiger partial charge on any atom is -0.461 e. The number of furan rings is 1. The molecule has 2 heterocycles. The van der Waals surface area contributed by atoms with Crippen molar-refractivity contribution >= 4 is 11.0 Å². The van der Waals surface area contributed by atoms with Crippen LogP contribution in [0.1, 0.15) is 5.56 Å². The fourth-order valence-corrected chi connectivity index (χ4v) is 1.77. The summed E-state index contributed by atoms with van der Waals surface area (Å²) in [6.45, 7) is 1.85. The van der Waals surface area contributed by atoms with E-state index in [-0.39, 0.29) is 5.52 Å². The molecular weight excluding hydrogens is 226 g/mol. The van der Waals surface area contributed by atoms with Crippen molar-refractivity contribution in [3.05, 3.63) is 41.7 Å². The number of H-pyrrole nitrogens is 1. The van der Waals surface area contributed by atoms with Crippen LogP contribution in [-0.2, 0) is 0 Å². The number of rotatable bonds is 1. The van der Waals surface area contributed by atoms with E-state index < -0.39 is 11.6 Å². The second-order valence-corrected chi connectivity index (χ2v) is 3.80. The van der Waals surface area contributed by atoms with Gasteiger partial charge in [-0.05, 0) is 24.6 Å². The fraction of sp³-hybridized carbons (Fsp3) is 0.0833. The van der Waals surface area contributed by atoms with E-state index in [0.29, 0.717) is 17.1 Å². The lowest BCUT2D eigenvalue weighted by Crippen LogP contribution is -1.81. The Morgan fingerprint density at radius 2 is 2.12 bits per heavy atom. The highest BCUT2D eigenvalue weighted by Gasteiger charge is 2.14. The zero-order valence-corrected chi connectivity index (χ0v) is 8.92. The largest absolute Gasteiger partial charge is 0.461 e. The first-order valence-corrected chi connectivity index (χ1v) is 5.04. The van der Waals surface area contributed by atoms with Crippen molar-refractivity contribution in [2.45, 2.75) is 6.92 Å². The third-order valence-electron chi connectivity index (χ3n) is 2.58. The summed E-state index contributed by atoms with van der Waals surface area (Å²) in [7, 11) is 0. The van der Waals surface area contributed by atoms with Crippen LogP contribution in [0.25, 0.3) is 22.6 Å². The van der Waals surface area contributed by atoms with Gasteiger partial charge < -0.3 is 9.40 Å². The molecule has 1 N–H and O–H groups in total. The van der Waals surface area contributed by atoms with Crippen molar-refractivity contribution in [1.29, 1.82) is 0 Å². The lowest BCUT2D eigenvalue weighted by Gasteiger charge is -1.90. The average Bonchev–Trinajstić information content (AvgIpc) is 2.83. The van der Waals surface area contributed by atoms with Crippen LogP contribution >= 0.6 is 0 Å². The third kappa shape index (κ3) is 1.51. The Bertz CT molecular complexity index is 700. The number of aromatic nitrogens is 2. The smallest absolute Gasteiger partial charge is 0.174 e. The summed E-state index contributed by atoms with van der Waals surface area (Å²) in [6, 6.07) is 3.79. The number of hydrogen-bond acceptors (Lipinski definition) is 2. The molecule has 3 aromatic rings. The maximum Gasteiger partial charge on any atom is 0.174 e. The van der Waals surface area contributed by atoms with Gasteiger partial charge in [0, 0.05) is 6.07 Å². The van der Waals surface area contributed by atoms with E-state index >= 15 is 0 Å². The van der Waals surface area contributed by atoms with Gasteiger partial charge in [-0.15, -0.1) is 0 Å². The molecular formula is C12H8F2N2O. The molecule has 5 heteroatoms. The van der Waals surface area contributed by atoms with Gasteiger partial charge in [0.25, 0.3) is 0 Å². The van der Waals surface area contributed by atoms with Crippen LogP contribution < -0.4 is 0 Å². The summed E-state index contributed by atoms with van der Waals surface area (Å²) in [5.74, 6) is -0.402. The molecule has 3 rings (SSSR count). The van der Waals surface area contributed by atoms with Gasteiger partial charge in [0.15, 0.2) is 17.4 Å². The van der Waals surface area contributed by atoms with E-state index in [1.807, 2.05) is 6.92 Å². The number of aromatic amines is 1. The zero-order valence-electron chi connectivity index (χ0n) is 8.92. The topological polar surface area (TPSA) is 41.8 Å². The predicted octanol–water partition coefficient (Wildman–Crippen LogP) is 3.41. The quantitative estimate of drug-likeness (QED) is 0.701. The summed E-state index contributed by atoms with van der Waals surface area (Å²) in [6.07, 6.45) is 1.52. The van der Waals surface area contributed by atoms with Crippen LogP contribution in [-0.4, -0.2) is 9.97 Å². The van der Waals surface area contributed by atoms with Crippen LogP contribution in [0.5, 0.6) is 0 Å². The molecule has 0 atom stereocenters. The van der Waals surface area contributed by atoms with Crippen LogP contribution in [0.2, 0.25) is 0 Å². The number of imidazole rings is 1. The van der Waals surface area contributed by atoms with E-state index in [4.69, 9.17) is 4.42 Å². The van der Waals surface area contributed by atoms with Crippen molar-refractivity contribution in [2.24, 2.45) is 0 Å². The van der Waals surface area contributed by atoms with Crippen molar-refractivity contribution in [2.75, 3.05) is 0 Å². The van der Waals surface area contributed by atoms with Gasteiger partial charge in [-0.1, -0.05) is 0 Å². The first-order chi connectivity index (χ1) is 8.15. The number of nitrogens with one attached hydrogen (secondary N) is 1. The summed E-state index contributed by atoms with van der Waals surface area (Å²) < 4.78 is 31.7. The number of fused-ring (bicyclic) bond motifs is 1. The van der Waals surface area contributed by atoms with Crippen molar-refractivity contribution < 1.29 is 13.2 Å². The van der Waals surface area contributed by atoms with Crippen molar-refractivity contribution in [1.82, 2.24) is 9.97 Å². The van der Waals surface area contributed by atoms with E-state index in [1.54, 1.807) is 6.07 Å². The van der Waals surface area contributed by atoms with E-state index in [0.717, 1.165) is 11.6 Å². The number of aryl methyl sites for hydroxylation is 1. The van der Waals surface area contributed by atoms with Gasteiger partial charge in [0.1, 0.15) is 11.3 Å². The summed E-state index contributed by atoms with van der Waals surface area (Å²) in [5, 5.41) is 0. The van der Waals surface area contributed by atoms with Crippen LogP contribution in [0, 0.1) is 18.6 Å². The predicted molar refractivity (Wildman–Crippen MR) is 58.4 cm³/mol. The maximum atomic E-state index is 13.4. The normalized spacial score (nSPS) is 11.2. The molecule has 0 aliphatic rings. The van der Waals surface area contributed by atoms with Gasteiger partial charge in [0.05, 0.1) is 11.8 Å². The van der Waals surface area contributed by atoms with Crippen LogP contribution in [0.4, 0.5) is 8.78 Å². The van der Waals surface area contributed by atoms with Gasteiger partial charge in [0.2, 0.25) is 0 Å². The van der Waals surface area contributed by atoms with Gasteiger partial charge in [-0.25, -0.2) is 13.8 Å². The first-order valence-electron chi connectivity index (χ1n) is 5.04. The highest BCUT2D eigenvalue weighted by Crippen LogP contribution is 2.25. The monoisotopic (exact) mass is 234 g/mol. The molecule has 0 saturated carbocycles. The fourth-order valence-electron chi connectivity index (χ4n) is 1.77. The Morgan fingerprint density at radius 3 is 2.82 bits per heavy atom. The molecule has 86 valence electrons. The van der Waals surface area contributed by atoms with Gasteiger partial charge in [-0.3, -0.25) is 0 Å². The lowest BCUT2D eigenvalue weighted by atomic mass is 10.3. The highest BCUT2D eigenvalue weighted by atomic mass is 19.1. The van der Waals surface area contributed by atoms with Crippen LogP contribution in [0.3, 0.4) is 0 Å². The molecule has 1 aromatic carbocycles.